The number of nitrogens with one attached hydrogen (secondary N) is 1. The molecular formula is C60H105N2O6P. The number of allylic oxidation sites excluding steroid dienone is 17. The fraction of sp³-hybridized carbons (Fsp3) is 0.683. The maximum Gasteiger partial charge on any atom is 0.268 e. The Bertz CT molecular complexity index is 1490. The van der Waals surface area contributed by atoms with Gasteiger partial charge >= 0.3 is 0 Å². The summed E-state index contributed by atoms with van der Waals surface area (Å²) in [4.78, 5) is 25.4. The van der Waals surface area contributed by atoms with Gasteiger partial charge in [-0.2, -0.15) is 0 Å². The van der Waals surface area contributed by atoms with Gasteiger partial charge in [0, 0.05) is 6.42 Å². The maximum atomic E-state index is 12.9. The molecule has 0 aliphatic heterocycles. The second kappa shape index (κ2) is 50.1. The molecule has 0 saturated carbocycles. The number of amides is 1. The molecule has 0 aromatic heterocycles. The van der Waals surface area contributed by atoms with Crippen molar-refractivity contribution in [3.63, 3.8) is 0 Å². The molecular weight excluding hydrogens is 876 g/mol. The zero-order valence-electron chi connectivity index (χ0n) is 45.0. The van der Waals surface area contributed by atoms with Gasteiger partial charge in [-0.15, -0.1) is 0 Å². The van der Waals surface area contributed by atoms with Gasteiger partial charge in [-0.25, -0.2) is 0 Å². The van der Waals surface area contributed by atoms with Crippen LogP contribution in [0, 0.1) is 0 Å². The van der Waals surface area contributed by atoms with E-state index in [-0.39, 0.29) is 19.1 Å². The number of likely N-dealkylation sites (N-methyl/N-ethyl adjacent to an activating group) is 1. The van der Waals surface area contributed by atoms with Gasteiger partial charge in [0.1, 0.15) is 13.2 Å². The molecule has 0 heterocycles. The van der Waals surface area contributed by atoms with Crippen LogP contribution in [0.25, 0.3) is 0 Å². The molecule has 0 aliphatic rings. The molecule has 0 fully saturated rings. The Morgan fingerprint density at radius 3 is 1.29 bits per heavy atom. The van der Waals surface area contributed by atoms with Crippen molar-refractivity contribution in [2.45, 2.75) is 225 Å². The number of carbonyl (C=O) groups is 1. The van der Waals surface area contributed by atoms with Crippen LogP contribution in [0.1, 0.15) is 213 Å². The molecule has 9 heteroatoms. The Labute approximate surface area is 425 Å². The fourth-order valence-electron chi connectivity index (χ4n) is 7.40. The van der Waals surface area contributed by atoms with E-state index in [1.807, 2.05) is 27.2 Å². The fourth-order valence-corrected chi connectivity index (χ4v) is 8.13. The number of phosphoric ester groups is 1. The second-order valence-corrected chi connectivity index (χ2v) is 21.0. The molecule has 2 N–H and O–H groups in total. The molecule has 0 saturated heterocycles. The first-order valence-electron chi connectivity index (χ1n) is 27.7. The number of hydrogen-bond acceptors (Lipinski definition) is 6. The molecule has 8 nitrogen and oxygen atoms in total. The molecule has 0 radical (unpaired) electrons. The number of carbonyl (C=O) groups excluding carboxylic acids is 1. The Morgan fingerprint density at radius 2 is 0.884 bits per heavy atom. The van der Waals surface area contributed by atoms with Crippen molar-refractivity contribution in [2.24, 2.45) is 0 Å². The van der Waals surface area contributed by atoms with Crippen molar-refractivity contribution in [2.75, 3.05) is 40.9 Å². The van der Waals surface area contributed by atoms with Gasteiger partial charge < -0.3 is 28.8 Å². The Hall–Kier alpha value is -2.84. The number of aliphatic hydroxyl groups excluding tert-OH is 1. The van der Waals surface area contributed by atoms with E-state index in [9.17, 15) is 19.4 Å². The third kappa shape index (κ3) is 52.8. The first-order valence-corrected chi connectivity index (χ1v) is 29.2. The smallest absolute Gasteiger partial charge is 0.268 e. The summed E-state index contributed by atoms with van der Waals surface area (Å²) in [6.45, 7) is 4.51. The standard InChI is InChI=1S/C60H105N2O6P/c1-6-8-10-12-14-16-18-20-21-22-23-24-25-26-27-28-29-30-31-32-33-34-35-36-37-38-39-40-41-42-44-46-48-50-52-54-60(64)61-58(57-68-69(65,66)67-56-55-62(3,4)5)59(63)53-51-49-47-45-43-19-17-15-13-11-9-7-2/h8,10,14,16,20-21,23-24,26-27,29-30,32-33,35-36,51,53,58-59,63H,6-7,9,11-13,15,17-19,22,25,28,31,34,37-50,52,54-57H2,1-5H3,(H-,61,64,65,66)/b10-8-,16-14-,21-20-,24-23-,27-26-,30-29-,33-32-,36-35-,53-51+. The van der Waals surface area contributed by atoms with E-state index in [0.717, 1.165) is 96.3 Å². The SMILES string of the molecule is CC/C=C\C/C=C\C/C=C\C/C=C\C/C=C\C/C=C\C/C=C\C/C=C\CCCCCCCCCCCCC(=O)NC(COP(=O)([O-])OCC[N+](C)(C)C)C(O)/C=C/CCCCCCCCCCCC. The predicted octanol–water partition coefficient (Wildman–Crippen LogP) is 16.2. The molecule has 0 aromatic carbocycles. The van der Waals surface area contributed by atoms with Crippen LogP contribution in [0.3, 0.4) is 0 Å². The molecule has 0 aliphatic carbocycles. The highest BCUT2D eigenvalue weighted by Crippen LogP contribution is 2.38. The van der Waals surface area contributed by atoms with Crippen molar-refractivity contribution >= 4 is 13.7 Å². The summed E-state index contributed by atoms with van der Waals surface area (Å²) in [5.41, 5.74) is 0. The number of phosphoric acid groups is 1. The molecule has 0 aromatic rings. The van der Waals surface area contributed by atoms with Gasteiger partial charge in [0.05, 0.1) is 39.9 Å². The Balaban J connectivity index is 4.13. The number of unbranched alkanes of at least 4 members (excludes halogenated alkanes) is 20. The van der Waals surface area contributed by atoms with Crippen LogP contribution in [0.5, 0.6) is 0 Å². The minimum absolute atomic E-state index is 0.00672. The highest BCUT2D eigenvalue weighted by atomic mass is 31.2. The van der Waals surface area contributed by atoms with E-state index >= 15 is 0 Å². The molecule has 0 rings (SSSR count). The predicted molar refractivity (Wildman–Crippen MR) is 297 cm³/mol. The van der Waals surface area contributed by atoms with E-state index in [2.05, 4.69) is 116 Å². The van der Waals surface area contributed by atoms with E-state index in [4.69, 9.17) is 9.05 Å². The number of rotatable bonds is 49. The lowest BCUT2D eigenvalue weighted by Gasteiger charge is -2.29. The number of nitrogens with zero attached hydrogens (tertiary/aromatic N) is 1. The third-order valence-electron chi connectivity index (χ3n) is 11.7. The molecule has 1 amide bonds. The summed E-state index contributed by atoms with van der Waals surface area (Å²) in [6.07, 6.45) is 73.0. The average Bonchev–Trinajstić information content (AvgIpc) is 3.31. The van der Waals surface area contributed by atoms with Gasteiger partial charge in [0.15, 0.2) is 0 Å². The lowest BCUT2D eigenvalue weighted by atomic mass is 10.0. The van der Waals surface area contributed by atoms with Crippen molar-refractivity contribution in [3.05, 3.63) is 109 Å². The van der Waals surface area contributed by atoms with Crippen molar-refractivity contribution in [1.29, 1.82) is 0 Å². The van der Waals surface area contributed by atoms with Crippen LogP contribution in [0.15, 0.2) is 109 Å². The zero-order chi connectivity index (χ0) is 50.6. The molecule has 3 unspecified atom stereocenters. The minimum Gasteiger partial charge on any atom is -0.756 e. The van der Waals surface area contributed by atoms with Gasteiger partial charge in [-0.05, 0) is 83.5 Å². The first kappa shape index (κ1) is 66.2. The van der Waals surface area contributed by atoms with Crippen LogP contribution in [-0.4, -0.2) is 68.5 Å². The average molecular weight is 981 g/mol. The van der Waals surface area contributed by atoms with Crippen LogP contribution < -0.4 is 10.2 Å². The highest BCUT2D eigenvalue weighted by molar-refractivity contribution is 7.45. The summed E-state index contributed by atoms with van der Waals surface area (Å²) < 4.78 is 23.3. The van der Waals surface area contributed by atoms with Gasteiger partial charge in [0.2, 0.25) is 5.91 Å². The zero-order valence-corrected chi connectivity index (χ0v) is 45.9. The number of quaternary nitrogens is 1. The maximum absolute atomic E-state index is 12.9. The Kier molecular flexibility index (Phi) is 48.1. The van der Waals surface area contributed by atoms with E-state index in [0.29, 0.717) is 17.4 Å². The molecule has 396 valence electrons. The number of hydrogen-bond donors (Lipinski definition) is 2. The minimum atomic E-state index is -4.60. The van der Waals surface area contributed by atoms with Crippen LogP contribution >= 0.6 is 7.82 Å². The normalized spacial score (nSPS) is 14.8. The summed E-state index contributed by atoms with van der Waals surface area (Å²) >= 11 is 0. The Morgan fingerprint density at radius 1 is 0.522 bits per heavy atom. The van der Waals surface area contributed by atoms with Crippen molar-refractivity contribution < 1.29 is 32.9 Å². The third-order valence-corrected chi connectivity index (χ3v) is 12.7. The summed E-state index contributed by atoms with van der Waals surface area (Å²) in [7, 11) is 1.24. The lowest BCUT2D eigenvalue weighted by Crippen LogP contribution is -2.45. The van der Waals surface area contributed by atoms with Crippen LogP contribution in [0.4, 0.5) is 0 Å². The summed E-state index contributed by atoms with van der Waals surface area (Å²) in [6, 6.07) is -0.894. The first-order chi connectivity index (χ1) is 33.5. The monoisotopic (exact) mass is 981 g/mol. The van der Waals surface area contributed by atoms with Gasteiger partial charge in [0.25, 0.3) is 7.82 Å². The second-order valence-electron chi connectivity index (χ2n) is 19.6. The van der Waals surface area contributed by atoms with E-state index in [1.54, 1.807) is 6.08 Å². The highest BCUT2D eigenvalue weighted by Gasteiger charge is 2.23. The molecule has 3 atom stereocenters. The summed E-state index contributed by atoms with van der Waals surface area (Å²) in [5.74, 6) is -0.208. The van der Waals surface area contributed by atoms with Crippen molar-refractivity contribution in [3.8, 4) is 0 Å². The largest absolute Gasteiger partial charge is 0.756 e. The van der Waals surface area contributed by atoms with Crippen LogP contribution in [-0.2, 0) is 18.4 Å². The lowest BCUT2D eigenvalue weighted by molar-refractivity contribution is -0.870. The van der Waals surface area contributed by atoms with E-state index in [1.165, 1.54) is 96.3 Å². The van der Waals surface area contributed by atoms with Crippen molar-refractivity contribution in [1.82, 2.24) is 5.32 Å². The molecule has 69 heavy (non-hydrogen) atoms. The van der Waals surface area contributed by atoms with Crippen LogP contribution in [0.2, 0.25) is 0 Å². The summed E-state index contributed by atoms with van der Waals surface area (Å²) in [5, 5.41) is 13.8. The molecule has 0 spiro atoms. The topological polar surface area (TPSA) is 108 Å². The quantitative estimate of drug-likeness (QED) is 0.0272. The molecule has 0 bridgehead atoms. The van der Waals surface area contributed by atoms with Gasteiger partial charge in [-0.3, -0.25) is 9.36 Å². The number of aliphatic hydroxyl groups is 1. The van der Waals surface area contributed by atoms with Gasteiger partial charge in [-0.1, -0.05) is 232 Å². The van der Waals surface area contributed by atoms with E-state index < -0.39 is 20.0 Å².